The minimum absolute atomic E-state index is 0.0700. The van der Waals surface area contributed by atoms with Gasteiger partial charge in [0.2, 0.25) is 11.8 Å². The molecule has 4 rings (SSSR count). The van der Waals surface area contributed by atoms with E-state index in [1.165, 1.54) is 4.90 Å². The molecule has 2 saturated heterocycles. The number of fused-ring (bicyclic) bond motifs is 3. The molecule has 3 heterocycles. The van der Waals surface area contributed by atoms with Crippen LogP contribution >= 0.6 is 0 Å². The third kappa shape index (κ3) is 2.54. The molecule has 0 aromatic heterocycles. The van der Waals surface area contributed by atoms with E-state index < -0.39 is 23.3 Å². The minimum Gasteiger partial charge on any atom is -0.297 e. The summed E-state index contributed by atoms with van der Waals surface area (Å²) in [5.41, 5.74) is 0.970. The van der Waals surface area contributed by atoms with Gasteiger partial charge in [-0.2, -0.15) is 5.10 Å². The second-order valence-electron chi connectivity index (χ2n) is 8.48. The van der Waals surface area contributed by atoms with E-state index in [-0.39, 0.29) is 23.6 Å². The van der Waals surface area contributed by atoms with Crippen molar-refractivity contribution < 1.29 is 14.4 Å². The van der Waals surface area contributed by atoms with Crippen LogP contribution in [0.15, 0.2) is 41.5 Å². The number of aryl methyl sites for hydroxylation is 1. The summed E-state index contributed by atoms with van der Waals surface area (Å²) in [5, 5.41) is 6.00. The molecular weight excluding hydrogens is 342 g/mol. The van der Waals surface area contributed by atoms with E-state index in [0.717, 1.165) is 5.56 Å². The van der Waals surface area contributed by atoms with Gasteiger partial charge in [0.15, 0.2) is 5.78 Å². The first-order valence-corrected chi connectivity index (χ1v) is 9.20. The predicted octanol–water partition coefficient (Wildman–Crippen LogP) is 2.32. The summed E-state index contributed by atoms with van der Waals surface area (Å²) in [7, 11) is 0. The number of anilines is 1. The van der Waals surface area contributed by atoms with Crippen LogP contribution in [-0.2, 0) is 14.4 Å². The van der Waals surface area contributed by atoms with Crippen molar-refractivity contribution in [2.24, 2.45) is 22.4 Å². The fourth-order valence-corrected chi connectivity index (χ4v) is 4.23. The first-order valence-electron chi connectivity index (χ1n) is 9.20. The Labute approximate surface area is 158 Å². The third-order valence-corrected chi connectivity index (χ3v) is 5.59. The Morgan fingerprint density at radius 3 is 2.30 bits per heavy atom. The van der Waals surface area contributed by atoms with Crippen LogP contribution in [0.25, 0.3) is 0 Å². The molecule has 2 amide bonds. The maximum Gasteiger partial charge on any atom is 0.240 e. The predicted molar refractivity (Wildman–Crippen MR) is 102 cm³/mol. The monoisotopic (exact) mass is 365 g/mol. The molecule has 0 aliphatic carbocycles. The van der Waals surface area contributed by atoms with Gasteiger partial charge in [0.25, 0.3) is 0 Å². The Bertz CT molecular complexity index is 879. The lowest BCUT2D eigenvalue weighted by atomic mass is 9.80. The van der Waals surface area contributed by atoms with Gasteiger partial charge in [-0.15, -0.1) is 0 Å². The van der Waals surface area contributed by atoms with E-state index in [0.29, 0.717) is 5.69 Å². The number of nitrogens with zero attached hydrogens (tertiary/aromatic N) is 3. The molecule has 6 heteroatoms. The molecule has 27 heavy (non-hydrogen) atoms. The topological polar surface area (TPSA) is 70.1 Å². The summed E-state index contributed by atoms with van der Waals surface area (Å²) in [6.07, 6.45) is 5.24. The van der Waals surface area contributed by atoms with Crippen molar-refractivity contribution in [3.05, 3.63) is 42.0 Å². The van der Waals surface area contributed by atoms with Crippen molar-refractivity contribution in [3.63, 3.8) is 0 Å². The van der Waals surface area contributed by atoms with Gasteiger partial charge in [-0.05, 0) is 25.1 Å². The quantitative estimate of drug-likeness (QED) is 0.754. The van der Waals surface area contributed by atoms with Gasteiger partial charge in [0.05, 0.1) is 23.6 Å². The number of imide groups is 1. The van der Waals surface area contributed by atoms with Crippen molar-refractivity contribution in [3.8, 4) is 0 Å². The first kappa shape index (κ1) is 17.6. The Kier molecular flexibility index (Phi) is 3.84. The normalized spacial score (nSPS) is 29.3. The molecule has 1 aromatic rings. The van der Waals surface area contributed by atoms with Crippen LogP contribution in [0, 0.1) is 24.2 Å². The maximum atomic E-state index is 13.3. The molecule has 4 atom stereocenters. The Hall–Kier alpha value is -2.76. The molecule has 0 spiro atoms. The number of allylic oxidation sites excluding steroid dienone is 1. The second kappa shape index (κ2) is 5.87. The summed E-state index contributed by atoms with van der Waals surface area (Å²) in [6, 6.07) is 6.20. The summed E-state index contributed by atoms with van der Waals surface area (Å²) >= 11 is 0. The molecule has 4 unspecified atom stereocenters. The molecule has 140 valence electrons. The van der Waals surface area contributed by atoms with Crippen LogP contribution in [0.2, 0.25) is 0 Å². The zero-order valence-corrected chi connectivity index (χ0v) is 15.9. The zero-order valence-electron chi connectivity index (χ0n) is 15.9. The Balaban J connectivity index is 1.79. The molecular formula is C21H23N3O3. The number of benzene rings is 1. The van der Waals surface area contributed by atoms with Crippen molar-refractivity contribution >= 4 is 29.5 Å². The highest BCUT2D eigenvalue weighted by Gasteiger charge is 2.64. The zero-order chi connectivity index (χ0) is 19.5. The summed E-state index contributed by atoms with van der Waals surface area (Å²) < 4.78 is 0. The lowest BCUT2D eigenvalue weighted by molar-refractivity contribution is -0.136. The summed E-state index contributed by atoms with van der Waals surface area (Å²) in [5.74, 6) is -1.94. The van der Waals surface area contributed by atoms with Crippen LogP contribution in [-0.4, -0.2) is 40.9 Å². The number of hydrogen-bond acceptors (Lipinski definition) is 5. The molecule has 0 saturated carbocycles. The number of carbonyl (C=O) groups is 3. The molecule has 3 aliphatic rings. The number of Topliss-reactive ketones (excluding diaryl/α,β-unsaturated/α-hetero) is 1. The number of hydrogen-bond donors (Lipinski definition) is 0. The highest BCUT2D eigenvalue weighted by molar-refractivity contribution is 6.24. The number of amides is 2. The maximum absolute atomic E-state index is 13.3. The van der Waals surface area contributed by atoms with Gasteiger partial charge < -0.3 is 0 Å². The number of rotatable bonds is 2. The SMILES string of the molecule is Cc1ccc(N2C(=O)C3C(C2=O)C(C(=O)C(C)(C)C)N2N=CC=CC32)cc1. The van der Waals surface area contributed by atoms with E-state index >= 15 is 0 Å². The van der Waals surface area contributed by atoms with Crippen LogP contribution in [0.3, 0.4) is 0 Å². The Morgan fingerprint density at radius 2 is 1.67 bits per heavy atom. The van der Waals surface area contributed by atoms with Crippen LogP contribution in [0.1, 0.15) is 26.3 Å². The molecule has 0 N–H and O–H groups in total. The van der Waals surface area contributed by atoms with Crippen LogP contribution in [0.4, 0.5) is 5.69 Å². The number of hydrazone groups is 1. The van der Waals surface area contributed by atoms with Gasteiger partial charge >= 0.3 is 0 Å². The average Bonchev–Trinajstić information content (AvgIpc) is 3.08. The van der Waals surface area contributed by atoms with Crippen molar-refractivity contribution in [1.82, 2.24) is 5.01 Å². The van der Waals surface area contributed by atoms with E-state index in [9.17, 15) is 14.4 Å². The van der Waals surface area contributed by atoms with E-state index in [1.807, 2.05) is 45.9 Å². The van der Waals surface area contributed by atoms with Gasteiger partial charge in [-0.3, -0.25) is 19.4 Å². The lowest BCUT2D eigenvalue weighted by Gasteiger charge is -2.33. The molecule has 2 fully saturated rings. The van der Waals surface area contributed by atoms with Crippen molar-refractivity contribution in [2.75, 3.05) is 4.90 Å². The fourth-order valence-electron chi connectivity index (χ4n) is 4.23. The largest absolute Gasteiger partial charge is 0.297 e. The summed E-state index contributed by atoms with van der Waals surface area (Å²) in [6.45, 7) is 7.45. The van der Waals surface area contributed by atoms with Crippen molar-refractivity contribution in [2.45, 2.75) is 39.8 Å². The lowest BCUT2D eigenvalue weighted by Crippen LogP contribution is -2.49. The fraction of sp³-hybridized carbons (Fsp3) is 0.429. The molecule has 6 nitrogen and oxygen atoms in total. The van der Waals surface area contributed by atoms with Gasteiger partial charge in [-0.1, -0.05) is 44.5 Å². The van der Waals surface area contributed by atoms with Gasteiger partial charge in [0, 0.05) is 11.6 Å². The number of ketones is 1. The van der Waals surface area contributed by atoms with E-state index in [2.05, 4.69) is 5.10 Å². The molecule has 3 aliphatic heterocycles. The van der Waals surface area contributed by atoms with E-state index in [4.69, 9.17) is 0 Å². The first-order chi connectivity index (χ1) is 12.7. The highest BCUT2D eigenvalue weighted by atomic mass is 16.2. The van der Waals surface area contributed by atoms with E-state index in [1.54, 1.807) is 29.4 Å². The molecule has 0 radical (unpaired) electrons. The Morgan fingerprint density at radius 1 is 1.04 bits per heavy atom. The second-order valence-corrected chi connectivity index (χ2v) is 8.48. The van der Waals surface area contributed by atoms with Crippen LogP contribution in [0.5, 0.6) is 0 Å². The minimum atomic E-state index is -0.729. The van der Waals surface area contributed by atoms with Gasteiger partial charge in [-0.25, -0.2) is 4.90 Å². The standard InChI is InChI=1S/C21H23N3O3/c1-12-7-9-13(10-8-12)23-19(26)15-14-6-5-11-22-24(14)17(16(15)20(23)27)18(25)21(2,3)4/h5-11,14-17H,1-4H3. The van der Waals surface area contributed by atoms with Crippen LogP contribution < -0.4 is 4.90 Å². The number of carbonyl (C=O) groups excluding carboxylic acids is 3. The smallest absolute Gasteiger partial charge is 0.240 e. The van der Waals surface area contributed by atoms with Gasteiger partial charge in [0.1, 0.15) is 6.04 Å². The van der Waals surface area contributed by atoms with Crippen molar-refractivity contribution in [1.29, 1.82) is 0 Å². The third-order valence-electron chi connectivity index (χ3n) is 5.59. The molecule has 1 aromatic carbocycles. The highest BCUT2D eigenvalue weighted by Crippen LogP contribution is 2.47. The summed E-state index contributed by atoms with van der Waals surface area (Å²) in [4.78, 5) is 41.0. The molecule has 0 bridgehead atoms. The average molecular weight is 365 g/mol.